The number of carbonyl (C=O) groups is 3. The summed E-state index contributed by atoms with van der Waals surface area (Å²) in [5, 5.41) is 13.2. The van der Waals surface area contributed by atoms with E-state index in [1.54, 1.807) is 6.92 Å². The number of aliphatic hydroxyl groups is 1. The normalized spacial score (nSPS) is 27.0. The third-order valence-electron chi connectivity index (χ3n) is 7.31. The zero-order chi connectivity index (χ0) is 25.2. The van der Waals surface area contributed by atoms with Crippen LogP contribution >= 0.6 is 0 Å². The monoisotopic (exact) mass is 470 g/mol. The molecule has 1 aliphatic heterocycles. The minimum Gasteiger partial charge on any atom is -0.466 e. The Morgan fingerprint density at radius 2 is 1.88 bits per heavy atom. The number of hydrogen-bond acceptors (Lipinski definition) is 5. The Labute approximate surface area is 202 Å². The van der Waals surface area contributed by atoms with Crippen LogP contribution in [0.2, 0.25) is 0 Å². The fourth-order valence-corrected chi connectivity index (χ4v) is 5.45. The number of anilines is 1. The third-order valence-corrected chi connectivity index (χ3v) is 7.31. The Morgan fingerprint density at radius 3 is 2.47 bits per heavy atom. The molecule has 1 saturated heterocycles. The van der Waals surface area contributed by atoms with Crippen molar-refractivity contribution in [3.63, 3.8) is 0 Å². The Hall–Kier alpha value is -2.67. The van der Waals surface area contributed by atoms with Crippen LogP contribution in [-0.4, -0.2) is 53.1 Å². The first kappa shape index (κ1) is 25.9. The number of allylic oxidation sites excluding steroid dienone is 1. The zero-order valence-electron chi connectivity index (χ0n) is 21.1. The molecule has 2 N–H and O–H groups in total. The van der Waals surface area contributed by atoms with Crippen molar-refractivity contribution in [3.05, 3.63) is 41.5 Å². The van der Waals surface area contributed by atoms with E-state index in [1.807, 2.05) is 65.0 Å². The Bertz CT molecular complexity index is 956. The molecule has 1 aromatic rings. The van der Waals surface area contributed by atoms with Crippen LogP contribution in [0.25, 0.3) is 0 Å². The first-order valence-corrected chi connectivity index (χ1v) is 12.3. The molecule has 0 saturated carbocycles. The van der Waals surface area contributed by atoms with Crippen molar-refractivity contribution in [2.75, 3.05) is 18.5 Å². The van der Waals surface area contributed by atoms with E-state index in [1.165, 1.54) is 4.90 Å². The highest BCUT2D eigenvalue weighted by molar-refractivity contribution is 6.02. The average Bonchev–Trinajstić information content (AvgIpc) is 3.08. The first-order valence-electron chi connectivity index (χ1n) is 12.3. The van der Waals surface area contributed by atoms with Gasteiger partial charge in [-0.15, -0.1) is 0 Å². The predicted octanol–water partition coefficient (Wildman–Crippen LogP) is 3.48. The highest BCUT2D eigenvalue weighted by atomic mass is 16.5. The zero-order valence-corrected chi connectivity index (χ0v) is 21.1. The number of fused-ring (bicyclic) bond motifs is 1. The molecule has 2 aliphatic rings. The maximum absolute atomic E-state index is 13.9. The van der Waals surface area contributed by atoms with Crippen molar-refractivity contribution in [2.45, 2.75) is 60.0 Å². The molecule has 0 spiro atoms. The number of hydrogen-bond donors (Lipinski definition) is 2. The molecule has 186 valence electrons. The number of esters is 1. The number of aryl methyl sites for hydroxylation is 2. The van der Waals surface area contributed by atoms with Gasteiger partial charge in [0.05, 0.1) is 31.1 Å². The van der Waals surface area contributed by atoms with Crippen molar-refractivity contribution < 1.29 is 24.2 Å². The second kappa shape index (κ2) is 10.7. The lowest BCUT2D eigenvalue weighted by Crippen LogP contribution is -2.52. The molecule has 3 rings (SSSR count). The topological polar surface area (TPSA) is 95.9 Å². The van der Waals surface area contributed by atoms with Crippen LogP contribution in [0.1, 0.15) is 45.2 Å². The summed E-state index contributed by atoms with van der Waals surface area (Å²) in [6.45, 7) is 11.4. The van der Waals surface area contributed by atoms with Crippen LogP contribution in [0, 0.1) is 43.4 Å². The average molecular weight is 471 g/mol. The van der Waals surface area contributed by atoms with Crippen molar-refractivity contribution in [1.29, 1.82) is 0 Å². The molecular weight excluding hydrogens is 432 g/mol. The Kier molecular flexibility index (Phi) is 8.18. The number of nitrogens with one attached hydrogen (secondary N) is 1. The molecule has 0 aromatic heterocycles. The van der Waals surface area contributed by atoms with Crippen molar-refractivity contribution >= 4 is 23.5 Å². The number of benzene rings is 1. The molecule has 6 atom stereocenters. The van der Waals surface area contributed by atoms with E-state index in [0.29, 0.717) is 12.1 Å². The predicted molar refractivity (Wildman–Crippen MR) is 131 cm³/mol. The van der Waals surface area contributed by atoms with E-state index in [2.05, 4.69) is 5.32 Å². The van der Waals surface area contributed by atoms with Gasteiger partial charge in [-0.1, -0.05) is 45.1 Å². The molecule has 0 unspecified atom stereocenters. The lowest BCUT2D eigenvalue weighted by atomic mass is 9.69. The molecule has 2 amide bonds. The van der Waals surface area contributed by atoms with Gasteiger partial charge in [0, 0.05) is 11.6 Å². The summed E-state index contributed by atoms with van der Waals surface area (Å²) in [6.07, 6.45) is 4.57. The molecule has 1 aliphatic carbocycles. The van der Waals surface area contributed by atoms with E-state index < -0.39 is 35.8 Å². The molecule has 34 heavy (non-hydrogen) atoms. The van der Waals surface area contributed by atoms with Crippen LogP contribution < -0.4 is 5.32 Å². The summed E-state index contributed by atoms with van der Waals surface area (Å²) in [6, 6.07) is 4.46. The minimum absolute atomic E-state index is 0.0721. The van der Waals surface area contributed by atoms with Gasteiger partial charge in [0.1, 0.15) is 6.04 Å². The number of likely N-dealkylation sites (tertiary alicyclic amines) is 1. The molecule has 1 heterocycles. The van der Waals surface area contributed by atoms with Gasteiger partial charge in [-0.25, -0.2) is 0 Å². The standard InChI is InChI=1S/C27H38N2O5/c1-7-18-11-12-19-23(22(18)27(33)34-8-2)26(32)29(21(14-30)15(3)4)24(19)25(31)28-20-13-16(5)9-10-17(20)6/h9-13,15,18-19,21-24,30H,7-8,14H2,1-6H3,(H,28,31)/t18-,19+,21+,22-,23-,24+/m1/s1. The molecule has 0 bridgehead atoms. The van der Waals surface area contributed by atoms with Gasteiger partial charge in [0.25, 0.3) is 0 Å². The highest BCUT2D eigenvalue weighted by Gasteiger charge is 2.59. The SMILES string of the molecule is CCOC(=O)[C@H]1[C@@H]2C(=O)N([C@@H](CO)C(C)C)[C@H](C(=O)Nc3cc(C)ccc3C)[C@H]2C=C[C@H]1CC. The first-order chi connectivity index (χ1) is 16.2. The van der Waals surface area contributed by atoms with E-state index in [0.717, 1.165) is 11.1 Å². The lowest BCUT2D eigenvalue weighted by Gasteiger charge is -2.35. The van der Waals surface area contributed by atoms with Gasteiger partial charge < -0.3 is 20.1 Å². The number of ether oxygens (including phenoxy) is 1. The van der Waals surface area contributed by atoms with E-state index in [-0.39, 0.29) is 36.9 Å². The molecule has 1 fully saturated rings. The summed E-state index contributed by atoms with van der Waals surface area (Å²) in [5.41, 5.74) is 2.63. The molecular formula is C27H38N2O5. The van der Waals surface area contributed by atoms with E-state index in [9.17, 15) is 19.5 Å². The van der Waals surface area contributed by atoms with Crippen LogP contribution in [-0.2, 0) is 19.1 Å². The summed E-state index contributed by atoms with van der Waals surface area (Å²) in [7, 11) is 0. The molecule has 7 nitrogen and oxygen atoms in total. The maximum atomic E-state index is 13.9. The van der Waals surface area contributed by atoms with Gasteiger partial charge >= 0.3 is 5.97 Å². The highest BCUT2D eigenvalue weighted by Crippen LogP contribution is 2.46. The van der Waals surface area contributed by atoms with Crippen LogP contribution in [0.15, 0.2) is 30.4 Å². The van der Waals surface area contributed by atoms with Gasteiger partial charge in [0.15, 0.2) is 0 Å². The van der Waals surface area contributed by atoms with Crippen LogP contribution in [0.4, 0.5) is 5.69 Å². The maximum Gasteiger partial charge on any atom is 0.310 e. The fraction of sp³-hybridized carbons (Fsp3) is 0.593. The van der Waals surface area contributed by atoms with Crippen molar-refractivity contribution in [2.24, 2.45) is 29.6 Å². The molecule has 7 heteroatoms. The number of carbonyl (C=O) groups excluding carboxylic acids is 3. The van der Waals surface area contributed by atoms with Crippen LogP contribution in [0.3, 0.4) is 0 Å². The lowest BCUT2D eigenvalue weighted by molar-refractivity contribution is -0.156. The summed E-state index contributed by atoms with van der Waals surface area (Å²) in [4.78, 5) is 42.2. The fourth-order valence-electron chi connectivity index (χ4n) is 5.45. The second-order valence-corrected chi connectivity index (χ2v) is 9.83. The van der Waals surface area contributed by atoms with Crippen LogP contribution in [0.5, 0.6) is 0 Å². The van der Waals surface area contributed by atoms with E-state index >= 15 is 0 Å². The Balaban J connectivity index is 2.07. The second-order valence-electron chi connectivity index (χ2n) is 9.83. The summed E-state index contributed by atoms with van der Waals surface area (Å²) < 4.78 is 5.37. The molecule has 0 radical (unpaired) electrons. The number of amides is 2. The van der Waals surface area contributed by atoms with Crippen molar-refractivity contribution in [1.82, 2.24) is 4.90 Å². The summed E-state index contributed by atoms with van der Waals surface area (Å²) in [5.74, 6) is -3.02. The molecule has 1 aromatic carbocycles. The summed E-state index contributed by atoms with van der Waals surface area (Å²) >= 11 is 0. The van der Waals surface area contributed by atoms with Gasteiger partial charge in [-0.05, 0) is 56.2 Å². The Morgan fingerprint density at radius 1 is 1.18 bits per heavy atom. The largest absolute Gasteiger partial charge is 0.466 e. The van der Waals surface area contributed by atoms with Gasteiger partial charge in [0.2, 0.25) is 11.8 Å². The number of nitrogens with zero attached hydrogens (tertiary/aromatic N) is 1. The quantitative estimate of drug-likeness (QED) is 0.448. The smallest absolute Gasteiger partial charge is 0.310 e. The third kappa shape index (κ3) is 4.76. The number of rotatable bonds is 8. The van der Waals surface area contributed by atoms with Crippen molar-refractivity contribution in [3.8, 4) is 0 Å². The minimum atomic E-state index is -0.831. The van der Waals surface area contributed by atoms with E-state index in [4.69, 9.17) is 4.74 Å². The number of aliphatic hydroxyl groups excluding tert-OH is 1. The van der Waals surface area contributed by atoms with Gasteiger partial charge in [-0.2, -0.15) is 0 Å². The van der Waals surface area contributed by atoms with Gasteiger partial charge in [-0.3, -0.25) is 14.4 Å².